The van der Waals surface area contributed by atoms with Gasteiger partial charge in [0.05, 0.1) is 6.04 Å². The van der Waals surface area contributed by atoms with Gasteiger partial charge in [0, 0.05) is 42.9 Å². The monoisotopic (exact) mass is 409 g/mol. The molecule has 5 atom stereocenters. The predicted molar refractivity (Wildman–Crippen MR) is 113 cm³/mol. The quantitative estimate of drug-likeness (QED) is 0.615. The second kappa shape index (κ2) is 7.58. The average molecular weight is 409 g/mol. The second-order valence-corrected chi connectivity index (χ2v) is 8.32. The van der Waals surface area contributed by atoms with Gasteiger partial charge >= 0.3 is 0 Å². The molecule has 0 bridgehead atoms. The van der Waals surface area contributed by atoms with Gasteiger partial charge in [-0.2, -0.15) is 0 Å². The Balaban J connectivity index is 1.42. The zero-order valence-corrected chi connectivity index (χ0v) is 17.2. The van der Waals surface area contributed by atoms with Gasteiger partial charge in [-0.1, -0.05) is 6.07 Å². The van der Waals surface area contributed by atoms with Crippen molar-refractivity contribution in [1.29, 1.82) is 0 Å². The van der Waals surface area contributed by atoms with Crippen LogP contribution >= 0.6 is 0 Å². The number of aromatic nitrogens is 2. The third-order valence-electron chi connectivity index (χ3n) is 6.22. The summed E-state index contributed by atoms with van der Waals surface area (Å²) in [5, 5.41) is 26.0. The van der Waals surface area contributed by atoms with Crippen molar-refractivity contribution >= 4 is 11.0 Å². The Labute approximate surface area is 175 Å². The fourth-order valence-corrected chi connectivity index (χ4v) is 4.58. The summed E-state index contributed by atoms with van der Waals surface area (Å²) in [7, 11) is 0. The number of benzene rings is 1. The standard InChI is InChI=1S/C23H27N3O4/c1-13-6-8-25-23-15(13)7-9-26(23)17-10-20(22(28)21(17)27)30-19-5-3-4-18-16(19)12-24-11-14(2)29-18/h3-9,14,17,20-22,24,27-28H,10-12H2,1-2H3. The van der Waals surface area contributed by atoms with Crippen LogP contribution in [-0.4, -0.2) is 50.7 Å². The number of fused-ring (bicyclic) bond motifs is 2. The molecule has 3 heterocycles. The van der Waals surface area contributed by atoms with Crippen LogP contribution < -0.4 is 14.8 Å². The van der Waals surface area contributed by atoms with Crippen LogP contribution in [-0.2, 0) is 6.54 Å². The molecule has 30 heavy (non-hydrogen) atoms. The van der Waals surface area contributed by atoms with Crippen LogP contribution in [0.25, 0.3) is 11.0 Å². The van der Waals surface area contributed by atoms with Crippen molar-refractivity contribution in [1.82, 2.24) is 14.9 Å². The maximum absolute atomic E-state index is 10.8. The zero-order valence-electron chi connectivity index (χ0n) is 17.2. The first kappa shape index (κ1) is 19.4. The second-order valence-electron chi connectivity index (χ2n) is 8.32. The number of hydrogen-bond donors (Lipinski definition) is 3. The van der Waals surface area contributed by atoms with Gasteiger partial charge in [-0.15, -0.1) is 0 Å². The molecule has 0 spiro atoms. The van der Waals surface area contributed by atoms with Crippen molar-refractivity contribution in [2.75, 3.05) is 6.54 Å². The van der Waals surface area contributed by atoms with E-state index in [0.717, 1.165) is 34.5 Å². The molecule has 7 nitrogen and oxygen atoms in total. The molecule has 3 N–H and O–H groups in total. The van der Waals surface area contributed by atoms with E-state index in [9.17, 15) is 10.2 Å². The molecule has 2 aliphatic rings. The lowest BCUT2D eigenvalue weighted by molar-refractivity contribution is -0.0166. The molecule has 1 aliphatic heterocycles. The van der Waals surface area contributed by atoms with Crippen molar-refractivity contribution in [3.05, 3.63) is 53.9 Å². The summed E-state index contributed by atoms with van der Waals surface area (Å²) in [4.78, 5) is 4.49. The summed E-state index contributed by atoms with van der Waals surface area (Å²) in [6, 6.07) is 9.39. The van der Waals surface area contributed by atoms with Crippen molar-refractivity contribution < 1.29 is 19.7 Å². The maximum atomic E-state index is 10.8. The van der Waals surface area contributed by atoms with E-state index in [-0.39, 0.29) is 12.1 Å². The molecule has 7 heteroatoms. The van der Waals surface area contributed by atoms with E-state index < -0.39 is 18.3 Å². The van der Waals surface area contributed by atoms with E-state index in [1.54, 1.807) is 6.20 Å². The van der Waals surface area contributed by atoms with E-state index in [0.29, 0.717) is 18.7 Å². The normalized spacial score (nSPS) is 28.7. The maximum Gasteiger partial charge on any atom is 0.140 e. The molecule has 5 rings (SSSR count). The molecule has 1 aliphatic carbocycles. The number of aryl methyl sites for hydroxylation is 1. The van der Waals surface area contributed by atoms with E-state index in [2.05, 4.69) is 10.3 Å². The lowest BCUT2D eigenvalue weighted by Crippen LogP contribution is -2.34. The van der Waals surface area contributed by atoms with E-state index in [1.165, 1.54) is 0 Å². The lowest BCUT2D eigenvalue weighted by atomic mass is 10.1. The number of nitrogens with one attached hydrogen (secondary N) is 1. The topological polar surface area (TPSA) is 88.8 Å². The summed E-state index contributed by atoms with van der Waals surface area (Å²) >= 11 is 0. The largest absolute Gasteiger partial charge is 0.489 e. The minimum absolute atomic E-state index is 0.0720. The highest BCUT2D eigenvalue weighted by Crippen LogP contribution is 2.38. The zero-order chi connectivity index (χ0) is 20.8. The van der Waals surface area contributed by atoms with Gasteiger partial charge in [0.15, 0.2) is 0 Å². The average Bonchev–Trinajstić information content (AvgIpc) is 3.20. The Morgan fingerprint density at radius 2 is 2.07 bits per heavy atom. The van der Waals surface area contributed by atoms with Crippen LogP contribution in [0, 0.1) is 6.92 Å². The molecular weight excluding hydrogens is 382 g/mol. The van der Waals surface area contributed by atoms with Gasteiger partial charge in [0.1, 0.15) is 41.6 Å². The van der Waals surface area contributed by atoms with Crippen LogP contribution in [0.1, 0.15) is 30.5 Å². The van der Waals surface area contributed by atoms with E-state index in [4.69, 9.17) is 9.47 Å². The van der Waals surface area contributed by atoms with E-state index >= 15 is 0 Å². The molecular formula is C23H27N3O4. The Bertz CT molecular complexity index is 1070. The molecule has 1 aromatic carbocycles. The van der Waals surface area contributed by atoms with Crippen molar-refractivity contribution in [2.45, 2.75) is 57.3 Å². The van der Waals surface area contributed by atoms with Crippen LogP contribution in [0.3, 0.4) is 0 Å². The molecule has 158 valence electrons. The highest BCUT2D eigenvalue weighted by atomic mass is 16.5. The third-order valence-corrected chi connectivity index (χ3v) is 6.22. The van der Waals surface area contributed by atoms with Crippen molar-refractivity contribution in [3.63, 3.8) is 0 Å². The fourth-order valence-electron chi connectivity index (χ4n) is 4.58. The third kappa shape index (κ3) is 3.23. The number of nitrogens with zero attached hydrogens (tertiary/aromatic N) is 2. The van der Waals surface area contributed by atoms with Crippen molar-refractivity contribution in [2.24, 2.45) is 0 Å². The molecule has 2 aromatic heterocycles. The first-order valence-electron chi connectivity index (χ1n) is 10.5. The summed E-state index contributed by atoms with van der Waals surface area (Å²) < 4.78 is 14.2. The van der Waals surface area contributed by atoms with Crippen LogP contribution in [0.2, 0.25) is 0 Å². The molecule has 0 amide bonds. The summed E-state index contributed by atoms with van der Waals surface area (Å²) in [6.45, 7) is 5.46. The number of rotatable bonds is 3. The van der Waals surface area contributed by atoms with E-state index in [1.807, 2.05) is 54.9 Å². The van der Waals surface area contributed by atoms with Crippen LogP contribution in [0.15, 0.2) is 42.7 Å². The highest BCUT2D eigenvalue weighted by Gasteiger charge is 2.44. The summed E-state index contributed by atoms with van der Waals surface area (Å²) in [5.41, 5.74) is 2.89. The molecule has 0 saturated heterocycles. The number of hydrogen-bond acceptors (Lipinski definition) is 6. The predicted octanol–water partition coefficient (Wildman–Crippen LogP) is 2.33. The van der Waals surface area contributed by atoms with Crippen molar-refractivity contribution in [3.8, 4) is 11.5 Å². The van der Waals surface area contributed by atoms with Gasteiger partial charge in [-0.3, -0.25) is 0 Å². The minimum atomic E-state index is -0.994. The molecule has 5 unspecified atom stereocenters. The minimum Gasteiger partial charge on any atom is -0.489 e. The van der Waals surface area contributed by atoms with Gasteiger partial charge < -0.3 is 29.6 Å². The highest BCUT2D eigenvalue weighted by molar-refractivity contribution is 5.79. The first-order valence-corrected chi connectivity index (χ1v) is 10.5. The van der Waals surface area contributed by atoms with Gasteiger partial charge in [0.25, 0.3) is 0 Å². The Kier molecular flexibility index (Phi) is 4.89. The molecule has 3 aromatic rings. The Morgan fingerprint density at radius 1 is 1.20 bits per heavy atom. The summed E-state index contributed by atoms with van der Waals surface area (Å²) in [6.07, 6.45) is 1.79. The summed E-state index contributed by atoms with van der Waals surface area (Å²) in [5.74, 6) is 1.47. The van der Waals surface area contributed by atoms with Crippen LogP contribution in [0.5, 0.6) is 11.5 Å². The van der Waals surface area contributed by atoms with Crippen LogP contribution in [0.4, 0.5) is 0 Å². The smallest absolute Gasteiger partial charge is 0.140 e. The first-order chi connectivity index (χ1) is 14.5. The Hall–Kier alpha value is -2.61. The number of pyridine rings is 1. The molecule has 1 fully saturated rings. The SMILES string of the molecule is Cc1ccnc2c1ccn2C1CC(Oc2cccc3c2CNCC(C)O3)C(O)C1O. The fraction of sp³-hybridized carbons (Fsp3) is 0.435. The molecule has 1 saturated carbocycles. The number of aliphatic hydroxyl groups is 2. The molecule has 0 radical (unpaired) electrons. The number of ether oxygens (including phenoxy) is 2. The van der Waals surface area contributed by atoms with Gasteiger partial charge in [-0.25, -0.2) is 4.98 Å². The Morgan fingerprint density at radius 3 is 2.93 bits per heavy atom. The lowest BCUT2D eigenvalue weighted by Gasteiger charge is -2.21. The number of aliphatic hydroxyl groups excluding tert-OH is 2. The van der Waals surface area contributed by atoms with Gasteiger partial charge in [-0.05, 0) is 43.7 Å². The van der Waals surface area contributed by atoms with Gasteiger partial charge in [0.2, 0.25) is 0 Å².